The van der Waals surface area contributed by atoms with Crippen LogP contribution in [0.25, 0.3) is 5.69 Å². The Morgan fingerprint density at radius 3 is 2.46 bits per heavy atom. The fraction of sp³-hybridized carbons (Fsp3) is 0.150. The smallest absolute Gasteiger partial charge is 0.336 e. The van der Waals surface area contributed by atoms with Crippen molar-refractivity contribution in [3.63, 3.8) is 0 Å². The molecule has 3 rings (SSSR count). The minimum absolute atomic E-state index is 0.162. The highest BCUT2D eigenvalue weighted by atomic mass is 16.4. The topological polar surface area (TPSA) is 84.2 Å². The summed E-state index contributed by atoms with van der Waals surface area (Å²) in [4.78, 5) is 23.9. The molecular weight excluding hydrogens is 330 g/mol. The number of aromatic nitrogens is 2. The first-order valence-corrected chi connectivity index (χ1v) is 8.14. The minimum Gasteiger partial charge on any atom is -0.478 e. The fourth-order valence-corrected chi connectivity index (χ4v) is 2.84. The maximum atomic E-state index is 12.7. The van der Waals surface area contributed by atoms with Crippen LogP contribution >= 0.6 is 0 Å². The lowest BCUT2D eigenvalue weighted by molar-refractivity contribution is 0.0695. The van der Waals surface area contributed by atoms with Crippen molar-refractivity contribution in [2.45, 2.75) is 20.8 Å². The maximum absolute atomic E-state index is 12.7. The number of carboxylic acids is 1. The number of anilines is 1. The van der Waals surface area contributed by atoms with Crippen LogP contribution in [0.4, 0.5) is 5.69 Å². The SMILES string of the molecule is Cc1cccc(-n2ncc(C(=O)Nc3cccc(C(=O)O)c3C)c2C)c1. The van der Waals surface area contributed by atoms with Crippen molar-refractivity contribution in [2.24, 2.45) is 0 Å². The number of aromatic carboxylic acids is 1. The molecule has 2 aromatic carbocycles. The van der Waals surface area contributed by atoms with Gasteiger partial charge in [-0.25, -0.2) is 9.48 Å². The van der Waals surface area contributed by atoms with Crippen molar-refractivity contribution >= 4 is 17.6 Å². The van der Waals surface area contributed by atoms with Crippen LogP contribution in [0.2, 0.25) is 0 Å². The molecule has 1 amide bonds. The largest absolute Gasteiger partial charge is 0.478 e. The highest BCUT2D eigenvalue weighted by molar-refractivity contribution is 6.06. The van der Waals surface area contributed by atoms with Crippen LogP contribution in [0.1, 0.15) is 37.5 Å². The highest BCUT2D eigenvalue weighted by Crippen LogP contribution is 2.21. The average molecular weight is 349 g/mol. The van der Waals surface area contributed by atoms with E-state index in [0.717, 1.165) is 11.3 Å². The number of nitrogens with one attached hydrogen (secondary N) is 1. The van der Waals surface area contributed by atoms with E-state index in [2.05, 4.69) is 10.4 Å². The van der Waals surface area contributed by atoms with E-state index >= 15 is 0 Å². The summed E-state index contributed by atoms with van der Waals surface area (Å²) in [5.41, 5.74) is 4.27. The third kappa shape index (κ3) is 3.21. The van der Waals surface area contributed by atoms with Crippen molar-refractivity contribution in [2.75, 3.05) is 5.32 Å². The van der Waals surface area contributed by atoms with E-state index in [0.29, 0.717) is 22.5 Å². The van der Waals surface area contributed by atoms with Gasteiger partial charge in [-0.15, -0.1) is 0 Å². The molecule has 0 spiro atoms. The molecular formula is C20H19N3O3. The number of carboxylic acid groups (broad SMARTS) is 1. The third-order valence-corrected chi connectivity index (χ3v) is 4.31. The van der Waals surface area contributed by atoms with Gasteiger partial charge in [0.15, 0.2) is 0 Å². The van der Waals surface area contributed by atoms with Crippen molar-refractivity contribution in [3.05, 3.63) is 76.6 Å². The summed E-state index contributed by atoms with van der Waals surface area (Å²) in [6.45, 7) is 5.49. The maximum Gasteiger partial charge on any atom is 0.336 e. The second-order valence-electron chi connectivity index (χ2n) is 6.13. The Morgan fingerprint density at radius 2 is 1.77 bits per heavy atom. The molecule has 0 aliphatic carbocycles. The molecule has 0 saturated heterocycles. The molecule has 1 heterocycles. The zero-order valence-electron chi connectivity index (χ0n) is 14.8. The second-order valence-corrected chi connectivity index (χ2v) is 6.13. The molecule has 1 aromatic heterocycles. The number of carbonyl (C=O) groups excluding carboxylic acids is 1. The second kappa shape index (κ2) is 6.84. The van der Waals surface area contributed by atoms with Gasteiger partial charge in [0.1, 0.15) is 0 Å². The Hall–Kier alpha value is -3.41. The monoisotopic (exact) mass is 349 g/mol. The zero-order valence-corrected chi connectivity index (χ0v) is 14.8. The van der Waals surface area contributed by atoms with E-state index in [1.807, 2.05) is 38.1 Å². The molecule has 26 heavy (non-hydrogen) atoms. The molecule has 6 nitrogen and oxygen atoms in total. The summed E-state index contributed by atoms with van der Waals surface area (Å²) in [6.07, 6.45) is 1.52. The Bertz CT molecular complexity index is 1010. The summed E-state index contributed by atoms with van der Waals surface area (Å²) < 4.78 is 1.71. The molecule has 3 aromatic rings. The predicted octanol–water partition coefficient (Wildman–Crippen LogP) is 3.75. The quantitative estimate of drug-likeness (QED) is 0.751. The Balaban J connectivity index is 1.91. The Kier molecular flexibility index (Phi) is 4.58. The van der Waals surface area contributed by atoms with Crippen LogP contribution in [-0.2, 0) is 0 Å². The van der Waals surface area contributed by atoms with Gasteiger partial charge in [0.05, 0.1) is 28.7 Å². The van der Waals surface area contributed by atoms with Gasteiger partial charge in [0.25, 0.3) is 5.91 Å². The van der Waals surface area contributed by atoms with E-state index in [-0.39, 0.29) is 11.5 Å². The Labute approximate surface area is 151 Å². The summed E-state index contributed by atoms with van der Waals surface area (Å²) in [7, 11) is 0. The average Bonchev–Trinajstić information content (AvgIpc) is 2.98. The predicted molar refractivity (Wildman–Crippen MR) is 99.1 cm³/mol. The van der Waals surface area contributed by atoms with Crippen LogP contribution in [-0.4, -0.2) is 26.8 Å². The van der Waals surface area contributed by atoms with Gasteiger partial charge in [-0.05, 0) is 56.2 Å². The van der Waals surface area contributed by atoms with Crippen LogP contribution in [0, 0.1) is 20.8 Å². The van der Waals surface area contributed by atoms with Gasteiger partial charge < -0.3 is 10.4 Å². The first kappa shape index (κ1) is 17.4. The van der Waals surface area contributed by atoms with E-state index < -0.39 is 5.97 Å². The van der Waals surface area contributed by atoms with Crippen LogP contribution in [0.5, 0.6) is 0 Å². The molecule has 0 bridgehead atoms. The standard InChI is InChI=1S/C20H19N3O3/c1-12-6-4-7-15(10-12)23-14(3)17(11-21-23)19(24)22-18-9-5-8-16(13(18)2)20(25)26/h4-11H,1-3H3,(H,22,24)(H,25,26). The lowest BCUT2D eigenvalue weighted by atomic mass is 10.1. The van der Waals surface area contributed by atoms with E-state index in [1.54, 1.807) is 23.7 Å². The molecule has 6 heteroatoms. The molecule has 0 aliphatic heterocycles. The Morgan fingerprint density at radius 1 is 1.04 bits per heavy atom. The number of hydrogen-bond acceptors (Lipinski definition) is 3. The molecule has 0 fully saturated rings. The van der Waals surface area contributed by atoms with E-state index in [1.165, 1.54) is 12.3 Å². The molecule has 2 N–H and O–H groups in total. The molecule has 0 unspecified atom stereocenters. The molecule has 0 aliphatic rings. The van der Waals surface area contributed by atoms with Gasteiger partial charge in [0.2, 0.25) is 0 Å². The number of benzene rings is 2. The lowest BCUT2D eigenvalue weighted by Gasteiger charge is -2.10. The summed E-state index contributed by atoms with van der Waals surface area (Å²) >= 11 is 0. The molecule has 0 saturated carbocycles. The summed E-state index contributed by atoms with van der Waals surface area (Å²) in [5.74, 6) is -1.35. The van der Waals surface area contributed by atoms with Gasteiger partial charge in [0, 0.05) is 5.69 Å². The van der Waals surface area contributed by atoms with E-state index in [9.17, 15) is 14.7 Å². The van der Waals surface area contributed by atoms with Crippen LogP contribution in [0.15, 0.2) is 48.7 Å². The van der Waals surface area contributed by atoms with Gasteiger partial charge in [-0.2, -0.15) is 5.10 Å². The van der Waals surface area contributed by atoms with Gasteiger partial charge in [-0.3, -0.25) is 4.79 Å². The number of hydrogen-bond donors (Lipinski definition) is 2. The van der Waals surface area contributed by atoms with Crippen LogP contribution < -0.4 is 5.32 Å². The zero-order chi connectivity index (χ0) is 18.8. The normalized spacial score (nSPS) is 10.6. The number of nitrogens with zero attached hydrogens (tertiary/aromatic N) is 2. The fourth-order valence-electron chi connectivity index (χ4n) is 2.84. The van der Waals surface area contributed by atoms with Gasteiger partial charge >= 0.3 is 5.97 Å². The highest BCUT2D eigenvalue weighted by Gasteiger charge is 2.17. The van der Waals surface area contributed by atoms with E-state index in [4.69, 9.17) is 0 Å². The summed E-state index contributed by atoms with van der Waals surface area (Å²) in [5, 5.41) is 16.3. The van der Waals surface area contributed by atoms with Crippen LogP contribution in [0.3, 0.4) is 0 Å². The minimum atomic E-state index is -1.03. The number of carbonyl (C=O) groups is 2. The van der Waals surface area contributed by atoms with Crippen molar-refractivity contribution in [3.8, 4) is 5.69 Å². The molecule has 0 radical (unpaired) electrons. The number of amides is 1. The van der Waals surface area contributed by atoms with Crippen molar-refractivity contribution in [1.29, 1.82) is 0 Å². The van der Waals surface area contributed by atoms with Gasteiger partial charge in [-0.1, -0.05) is 18.2 Å². The first-order valence-electron chi connectivity index (χ1n) is 8.14. The molecule has 132 valence electrons. The number of aryl methyl sites for hydroxylation is 1. The van der Waals surface area contributed by atoms with Crippen molar-refractivity contribution in [1.82, 2.24) is 9.78 Å². The van der Waals surface area contributed by atoms with Crippen molar-refractivity contribution < 1.29 is 14.7 Å². The lowest BCUT2D eigenvalue weighted by Crippen LogP contribution is -2.15. The third-order valence-electron chi connectivity index (χ3n) is 4.31. The molecule has 0 atom stereocenters. The first-order chi connectivity index (χ1) is 12.4. The number of rotatable bonds is 4. The summed E-state index contributed by atoms with van der Waals surface area (Å²) in [6, 6.07) is 12.6.